The molecule has 1 aromatic carbocycles. The molecule has 2 N–H and O–H groups in total. The van der Waals surface area contributed by atoms with Crippen molar-refractivity contribution < 1.29 is 9.53 Å². The van der Waals surface area contributed by atoms with Gasteiger partial charge in [0.25, 0.3) is 5.91 Å². The van der Waals surface area contributed by atoms with Gasteiger partial charge in [-0.25, -0.2) is 0 Å². The van der Waals surface area contributed by atoms with E-state index in [9.17, 15) is 4.79 Å². The Balaban J connectivity index is 2.38. The number of aryl methyl sites for hydroxylation is 1. The zero-order chi connectivity index (χ0) is 13.4. The summed E-state index contributed by atoms with van der Waals surface area (Å²) in [4.78, 5) is 11.6. The predicted octanol–water partition coefficient (Wildman–Crippen LogP) is 1.35. The number of rotatable bonds is 7. The highest BCUT2D eigenvalue weighted by molar-refractivity contribution is 5.77. The van der Waals surface area contributed by atoms with Gasteiger partial charge in [0, 0.05) is 12.6 Å². The van der Waals surface area contributed by atoms with E-state index < -0.39 is 0 Å². The molecule has 1 amide bonds. The van der Waals surface area contributed by atoms with Crippen molar-refractivity contribution in [3.8, 4) is 5.75 Å². The second-order valence-electron chi connectivity index (χ2n) is 4.24. The number of amides is 1. The number of ether oxygens (including phenoxy) is 1. The molecule has 0 aliphatic heterocycles. The van der Waals surface area contributed by atoms with Crippen molar-refractivity contribution in [2.75, 3.05) is 20.2 Å². The van der Waals surface area contributed by atoms with E-state index in [0.29, 0.717) is 6.54 Å². The first-order valence-corrected chi connectivity index (χ1v) is 6.32. The Kier molecular flexibility index (Phi) is 6.22. The van der Waals surface area contributed by atoms with Crippen LogP contribution in [0.1, 0.15) is 19.4 Å². The zero-order valence-corrected chi connectivity index (χ0v) is 11.3. The minimum Gasteiger partial charge on any atom is -0.483 e. The molecule has 100 valence electrons. The minimum atomic E-state index is -0.0944. The van der Waals surface area contributed by atoms with Gasteiger partial charge in [-0.3, -0.25) is 4.79 Å². The van der Waals surface area contributed by atoms with Crippen LogP contribution >= 0.6 is 0 Å². The molecule has 0 aliphatic carbocycles. The van der Waals surface area contributed by atoms with Gasteiger partial charge in [-0.1, -0.05) is 25.1 Å². The second kappa shape index (κ2) is 7.71. The van der Waals surface area contributed by atoms with Gasteiger partial charge in [0.1, 0.15) is 5.75 Å². The van der Waals surface area contributed by atoms with Crippen molar-refractivity contribution in [2.45, 2.75) is 26.3 Å². The fourth-order valence-corrected chi connectivity index (χ4v) is 1.50. The summed E-state index contributed by atoms with van der Waals surface area (Å²) in [6.45, 7) is 4.74. The molecule has 4 nitrogen and oxygen atoms in total. The molecule has 1 rings (SSSR count). The van der Waals surface area contributed by atoms with Crippen molar-refractivity contribution in [2.24, 2.45) is 0 Å². The lowest BCUT2D eigenvalue weighted by atomic mass is 10.1. The van der Waals surface area contributed by atoms with Gasteiger partial charge in [0.05, 0.1) is 0 Å². The van der Waals surface area contributed by atoms with Gasteiger partial charge in [0.15, 0.2) is 6.61 Å². The number of para-hydroxylation sites is 1. The molecule has 1 unspecified atom stereocenters. The third-order valence-corrected chi connectivity index (χ3v) is 2.81. The van der Waals surface area contributed by atoms with Crippen LogP contribution in [-0.2, 0) is 11.2 Å². The van der Waals surface area contributed by atoms with E-state index in [1.807, 2.05) is 38.2 Å². The van der Waals surface area contributed by atoms with Crippen LogP contribution in [-0.4, -0.2) is 32.1 Å². The van der Waals surface area contributed by atoms with Gasteiger partial charge in [-0.15, -0.1) is 0 Å². The summed E-state index contributed by atoms with van der Waals surface area (Å²) in [5.74, 6) is 0.694. The Labute approximate surface area is 109 Å². The molecule has 1 aromatic rings. The van der Waals surface area contributed by atoms with Gasteiger partial charge in [-0.05, 0) is 32.0 Å². The number of benzene rings is 1. The molecule has 4 heteroatoms. The highest BCUT2D eigenvalue weighted by atomic mass is 16.5. The van der Waals surface area contributed by atoms with E-state index in [0.717, 1.165) is 17.7 Å². The molecule has 0 aromatic heterocycles. The standard InChI is InChI=1S/C14H22N2O2/c1-4-12-7-5-6-8-13(12)18-10-14(17)16-9-11(2)15-3/h5-8,11,15H,4,9-10H2,1-3H3,(H,16,17). The third-order valence-electron chi connectivity index (χ3n) is 2.81. The summed E-state index contributed by atoms with van der Waals surface area (Å²) in [5, 5.41) is 5.87. The van der Waals surface area contributed by atoms with Crippen LogP contribution in [0.15, 0.2) is 24.3 Å². The summed E-state index contributed by atoms with van der Waals surface area (Å²) >= 11 is 0. The summed E-state index contributed by atoms with van der Waals surface area (Å²) in [6, 6.07) is 8.05. The molecule has 0 saturated heterocycles. The Hall–Kier alpha value is -1.55. The molecule has 0 heterocycles. The summed E-state index contributed by atoms with van der Waals surface area (Å²) in [5.41, 5.74) is 1.12. The molecule has 1 atom stereocenters. The molecule has 0 bridgehead atoms. The lowest BCUT2D eigenvalue weighted by Gasteiger charge is -2.13. The van der Waals surface area contributed by atoms with Crippen molar-refractivity contribution in [3.63, 3.8) is 0 Å². The molecule has 0 saturated carbocycles. The van der Waals surface area contributed by atoms with E-state index in [4.69, 9.17) is 4.74 Å². The largest absolute Gasteiger partial charge is 0.483 e. The van der Waals surface area contributed by atoms with Crippen LogP contribution < -0.4 is 15.4 Å². The third kappa shape index (κ3) is 4.75. The molecule has 0 aliphatic rings. The van der Waals surface area contributed by atoms with Crippen LogP contribution in [0.5, 0.6) is 5.75 Å². The quantitative estimate of drug-likeness (QED) is 0.768. The van der Waals surface area contributed by atoms with Crippen molar-refractivity contribution in [1.82, 2.24) is 10.6 Å². The molecule has 0 radical (unpaired) electrons. The number of likely N-dealkylation sites (N-methyl/N-ethyl adjacent to an activating group) is 1. The first-order chi connectivity index (χ1) is 8.67. The topological polar surface area (TPSA) is 50.4 Å². The van der Waals surface area contributed by atoms with Gasteiger partial charge >= 0.3 is 0 Å². The van der Waals surface area contributed by atoms with Crippen LogP contribution in [0.4, 0.5) is 0 Å². The van der Waals surface area contributed by atoms with Gasteiger partial charge in [0.2, 0.25) is 0 Å². The van der Waals surface area contributed by atoms with Gasteiger partial charge < -0.3 is 15.4 Å². The van der Waals surface area contributed by atoms with Crippen molar-refractivity contribution in [3.05, 3.63) is 29.8 Å². The summed E-state index contributed by atoms with van der Waals surface area (Å²) in [6.07, 6.45) is 0.897. The van der Waals surface area contributed by atoms with E-state index in [2.05, 4.69) is 17.6 Å². The van der Waals surface area contributed by atoms with Crippen LogP contribution in [0.2, 0.25) is 0 Å². The number of hydrogen-bond acceptors (Lipinski definition) is 3. The maximum Gasteiger partial charge on any atom is 0.257 e. The Morgan fingerprint density at radius 2 is 2.11 bits per heavy atom. The first kappa shape index (κ1) is 14.5. The molecule has 18 heavy (non-hydrogen) atoms. The normalized spacial score (nSPS) is 11.9. The fourth-order valence-electron chi connectivity index (χ4n) is 1.50. The number of hydrogen-bond donors (Lipinski definition) is 2. The molecular weight excluding hydrogens is 228 g/mol. The first-order valence-electron chi connectivity index (χ1n) is 6.32. The van der Waals surface area contributed by atoms with Crippen LogP contribution in [0, 0.1) is 0 Å². The second-order valence-corrected chi connectivity index (χ2v) is 4.24. The number of carbonyl (C=O) groups is 1. The Morgan fingerprint density at radius 1 is 1.39 bits per heavy atom. The Morgan fingerprint density at radius 3 is 2.78 bits per heavy atom. The lowest BCUT2D eigenvalue weighted by molar-refractivity contribution is -0.123. The maximum absolute atomic E-state index is 11.6. The van der Waals surface area contributed by atoms with Crippen molar-refractivity contribution >= 4 is 5.91 Å². The number of nitrogens with one attached hydrogen (secondary N) is 2. The minimum absolute atomic E-state index is 0.0629. The molecular formula is C14H22N2O2. The monoisotopic (exact) mass is 250 g/mol. The lowest BCUT2D eigenvalue weighted by Crippen LogP contribution is -2.39. The number of carbonyl (C=O) groups excluding carboxylic acids is 1. The highest BCUT2D eigenvalue weighted by Crippen LogP contribution is 2.17. The average Bonchev–Trinajstić information content (AvgIpc) is 2.42. The van der Waals surface area contributed by atoms with Crippen molar-refractivity contribution in [1.29, 1.82) is 0 Å². The van der Waals surface area contributed by atoms with E-state index in [1.165, 1.54) is 0 Å². The van der Waals surface area contributed by atoms with E-state index in [1.54, 1.807) is 0 Å². The van der Waals surface area contributed by atoms with Gasteiger partial charge in [-0.2, -0.15) is 0 Å². The Bertz CT molecular complexity index is 380. The van der Waals surface area contributed by atoms with E-state index in [-0.39, 0.29) is 18.6 Å². The predicted molar refractivity (Wildman–Crippen MR) is 72.8 cm³/mol. The summed E-state index contributed by atoms with van der Waals surface area (Å²) in [7, 11) is 1.87. The van der Waals surface area contributed by atoms with Crippen LogP contribution in [0.25, 0.3) is 0 Å². The fraction of sp³-hybridized carbons (Fsp3) is 0.500. The molecule has 0 fully saturated rings. The average molecular weight is 250 g/mol. The molecule has 0 spiro atoms. The zero-order valence-electron chi connectivity index (χ0n) is 11.3. The van der Waals surface area contributed by atoms with E-state index >= 15 is 0 Å². The van der Waals surface area contributed by atoms with Crippen LogP contribution in [0.3, 0.4) is 0 Å². The smallest absolute Gasteiger partial charge is 0.257 e. The summed E-state index contributed by atoms with van der Waals surface area (Å²) < 4.78 is 5.52. The highest BCUT2D eigenvalue weighted by Gasteiger charge is 2.06. The maximum atomic E-state index is 11.6. The SMILES string of the molecule is CCc1ccccc1OCC(=O)NCC(C)NC.